The minimum atomic E-state index is 0. The summed E-state index contributed by atoms with van der Waals surface area (Å²) in [4.78, 5) is 0. The Morgan fingerprint density at radius 3 is 0.125 bits per heavy atom. The third-order valence-corrected chi connectivity index (χ3v) is 0. The van der Waals surface area contributed by atoms with Gasteiger partial charge in [0.05, 0.1) is 0 Å². The van der Waals surface area contributed by atoms with Crippen LogP contribution in [-0.2, 0) is 0 Å². The van der Waals surface area contributed by atoms with Crippen LogP contribution in [0.3, 0.4) is 0 Å². The average Bonchev–Trinajstić information content (AvgIpc) is 0. The van der Waals surface area contributed by atoms with Gasteiger partial charge in [0, 0.05) is 0 Å². The zero-order valence-electron chi connectivity index (χ0n) is 11.0. The van der Waals surface area contributed by atoms with Crippen molar-refractivity contribution < 1.29 is 547 Å². The Morgan fingerprint density at radius 2 is 0.125 bits per heavy atom. The summed E-state index contributed by atoms with van der Waals surface area (Å²) in [7, 11) is 0. The molecular weight excluding hydrogens is 952 g/mol. The minimum Gasteiger partial charge on any atom is -1.00 e. The Hall–Kier alpha value is 16.9. The summed E-state index contributed by atoms with van der Waals surface area (Å²) < 4.78 is 0. The second kappa shape index (κ2) is 107. The van der Waals surface area contributed by atoms with Crippen molar-refractivity contribution in [2.24, 2.45) is 0 Å². The van der Waals surface area contributed by atoms with Crippen molar-refractivity contribution in [2.45, 2.75) is 0 Å². The normalized spacial score (nSPS) is 0. The molecule has 0 radical (unpaired) electrons. The summed E-state index contributed by atoms with van der Waals surface area (Å²) in [6.07, 6.45) is 0. The van der Waals surface area contributed by atoms with Crippen LogP contribution in [0.2, 0.25) is 0 Å². The monoisotopic (exact) mass is 943 g/mol. The molecule has 0 aromatic heterocycles. The van der Waals surface area contributed by atoms with Crippen molar-refractivity contribution in [3.63, 3.8) is 0 Å². The fourth-order valence-electron chi connectivity index (χ4n) is 0. The van der Waals surface area contributed by atoms with Crippen LogP contribution in [0, 0.1) is 0 Å². The van der Waals surface area contributed by atoms with Crippen LogP contribution in [0.5, 0.6) is 0 Å². The van der Waals surface area contributed by atoms with Gasteiger partial charge in [0.1, 0.15) is 0 Å². The third kappa shape index (κ3) is 96.7. The van der Waals surface area contributed by atoms with Gasteiger partial charge >= 0.3 is 411 Å². The quantitative estimate of drug-likeness (QED) is 0.212. The van der Waals surface area contributed by atoms with E-state index in [1.165, 1.54) is 0 Å². The first-order valence-electron chi connectivity index (χ1n) is 0. The van der Waals surface area contributed by atoms with Crippen LogP contribution in [-0.4, -0.2) is 0 Å². The Bertz CT molecular complexity index is 16.0. The molecule has 0 atom stereocenters. The van der Waals surface area contributed by atoms with Gasteiger partial charge in [-0.2, -0.15) is 0 Å². The molecule has 0 nitrogen and oxygen atoms in total. The molecule has 16 heteroatoms. The summed E-state index contributed by atoms with van der Waals surface area (Å²) in [6.45, 7) is 0. The molecule has 0 amide bonds. The predicted octanol–water partition coefficient (Wildman–Crippen LogP) is -47.9. The molecule has 0 N–H and O–H groups in total. The summed E-state index contributed by atoms with van der Waals surface area (Å²) in [5, 5.41) is 0. The second-order valence-electron chi connectivity index (χ2n) is 0. The summed E-state index contributed by atoms with van der Waals surface area (Å²) >= 11 is 0. The maximum absolute atomic E-state index is 0. The molecule has 0 bridgehead atoms. The fraction of sp³-hybridized carbons (Fsp3) is 0. The number of hydrogen-bond acceptors (Lipinski definition) is 0. The van der Waals surface area contributed by atoms with E-state index in [1.807, 2.05) is 0 Å². The van der Waals surface area contributed by atoms with Crippen molar-refractivity contribution in [2.75, 3.05) is 0 Å². The first-order chi connectivity index (χ1) is 0. The minimum absolute atomic E-state index is 0. The third-order valence-electron chi connectivity index (χ3n) is 0. The van der Waals surface area contributed by atoms with Crippen LogP contribution in [0.25, 0.3) is 0 Å². The van der Waals surface area contributed by atoms with E-state index in [4.69, 9.17) is 0 Å². The van der Waals surface area contributed by atoms with Crippen LogP contribution >= 0.6 is 0 Å². The number of hydrogen-bond donors (Lipinski definition) is 0. The van der Waals surface area contributed by atoms with Gasteiger partial charge in [-0.05, 0) is 0 Å². The maximum Gasteiger partial charge on any atom is 1.00 e. The number of halogens is 8. The van der Waals surface area contributed by atoms with E-state index in [1.54, 1.807) is 0 Å². The topological polar surface area (TPSA) is 0 Å². The van der Waals surface area contributed by atoms with Crippen molar-refractivity contribution >= 4 is 0 Å². The molecule has 0 unspecified atom stereocenters. The standard InChI is InChI=1S/8BrH.8K/h8*1H;;;;;;;;/q;;;;;;;;8*+1/p-8. The summed E-state index contributed by atoms with van der Waals surface area (Å²) in [6, 6.07) is 0. The van der Waals surface area contributed by atoms with E-state index < -0.39 is 0 Å². The average molecular weight is 952 g/mol. The van der Waals surface area contributed by atoms with Crippen molar-refractivity contribution in [3.8, 4) is 0 Å². The molecule has 16 heavy (non-hydrogen) atoms. The van der Waals surface area contributed by atoms with Gasteiger partial charge in [0.15, 0.2) is 0 Å². The molecule has 0 aromatic carbocycles. The van der Waals surface area contributed by atoms with Crippen LogP contribution in [0.4, 0.5) is 0 Å². The zero-order chi connectivity index (χ0) is 0. The molecule has 0 aliphatic heterocycles. The molecule has 0 saturated heterocycles. The fourth-order valence-corrected chi connectivity index (χ4v) is 0. The van der Waals surface area contributed by atoms with Gasteiger partial charge in [0.25, 0.3) is 0 Å². The molecule has 0 fully saturated rings. The largest absolute Gasteiger partial charge is 1.00 e. The molecule has 0 saturated carbocycles. The van der Waals surface area contributed by atoms with E-state index in [-0.39, 0.29) is 547 Å². The van der Waals surface area contributed by atoms with Crippen molar-refractivity contribution in [1.29, 1.82) is 0 Å². The van der Waals surface area contributed by atoms with Gasteiger partial charge in [-0.15, -0.1) is 0 Å². The Morgan fingerprint density at radius 1 is 0.125 bits per heavy atom. The van der Waals surface area contributed by atoms with Crippen LogP contribution < -0.4 is 547 Å². The van der Waals surface area contributed by atoms with Gasteiger partial charge < -0.3 is 136 Å². The number of rotatable bonds is 0. The van der Waals surface area contributed by atoms with Crippen molar-refractivity contribution in [1.82, 2.24) is 0 Å². The van der Waals surface area contributed by atoms with E-state index >= 15 is 0 Å². The Kier molecular flexibility index (Phi) is 780. The Labute approximate surface area is 525 Å². The molecule has 0 aliphatic rings. The van der Waals surface area contributed by atoms with E-state index in [0.717, 1.165) is 0 Å². The van der Waals surface area contributed by atoms with Crippen molar-refractivity contribution in [3.05, 3.63) is 0 Å². The summed E-state index contributed by atoms with van der Waals surface area (Å²) in [5.41, 5.74) is 0. The molecule has 0 spiro atoms. The molecule has 0 rings (SSSR count). The van der Waals surface area contributed by atoms with Crippen LogP contribution in [0.1, 0.15) is 0 Å². The van der Waals surface area contributed by atoms with Crippen LogP contribution in [0.15, 0.2) is 0 Å². The zero-order valence-corrected chi connectivity index (χ0v) is 48.7. The molecule has 0 heterocycles. The maximum atomic E-state index is 0. The van der Waals surface area contributed by atoms with E-state index in [0.29, 0.717) is 0 Å². The smallest absolute Gasteiger partial charge is 1.00 e. The van der Waals surface area contributed by atoms with Gasteiger partial charge in [-0.1, -0.05) is 0 Å². The molecule has 0 aliphatic carbocycles. The first kappa shape index (κ1) is 117. The SMILES string of the molecule is [Br-].[Br-].[Br-].[Br-].[Br-].[Br-].[Br-].[Br-].[K+].[K+].[K+].[K+].[K+].[K+].[K+].[K+]. The van der Waals surface area contributed by atoms with E-state index in [9.17, 15) is 0 Å². The molecular formula is Br8K8. The van der Waals surface area contributed by atoms with Gasteiger partial charge in [-0.25, -0.2) is 0 Å². The van der Waals surface area contributed by atoms with Gasteiger partial charge in [0.2, 0.25) is 0 Å². The molecule has 0 aromatic rings. The first-order valence-corrected chi connectivity index (χ1v) is 0. The summed E-state index contributed by atoms with van der Waals surface area (Å²) in [5.74, 6) is 0. The van der Waals surface area contributed by atoms with Gasteiger partial charge in [-0.3, -0.25) is 0 Å². The second-order valence-corrected chi connectivity index (χ2v) is 0. The van der Waals surface area contributed by atoms with E-state index in [2.05, 4.69) is 0 Å². The molecule has 64 valence electrons. The Balaban J connectivity index is 0. The predicted molar refractivity (Wildman–Crippen MR) is 0 cm³/mol.